The molecule has 0 unspecified atom stereocenters. The molecule has 0 amide bonds. The lowest BCUT2D eigenvalue weighted by Gasteiger charge is -2.31. The number of allylic oxidation sites excluding steroid dienone is 2. The van der Waals surface area contributed by atoms with E-state index in [4.69, 9.17) is 4.99 Å². The maximum atomic E-state index is 14.7. The highest BCUT2D eigenvalue weighted by Crippen LogP contribution is 2.28. The summed E-state index contributed by atoms with van der Waals surface area (Å²) in [7, 11) is 1.95. The summed E-state index contributed by atoms with van der Waals surface area (Å²) in [5.41, 5.74) is 2.55. The summed E-state index contributed by atoms with van der Waals surface area (Å²) < 4.78 is 14.7. The van der Waals surface area contributed by atoms with Crippen molar-refractivity contribution in [3.05, 3.63) is 65.9 Å². The van der Waals surface area contributed by atoms with Gasteiger partial charge in [-0.2, -0.15) is 0 Å². The average molecular weight is 366 g/mol. The summed E-state index contributed by atoms with van der Waals surface area (Å²) >= 11 is 0. The molecule has 0 spiro atoms. The lowest BCUT2D eigenvalue weighted by Crippen LogP contribution is -2.37. The van der Waals surface area contributed by atoms with Crippen LogP contribution in [0.25, 0.3) is 5.57 Å². The molecule has 1 saturated heterocycles. The van der Waals surface area contributed by atoms with Gasteiger partial charge in [-0.25, -0.2) is 4.39 Å². The minimum absolute atomic E-state index is 0.219. The number of piperidine rings is 1. The lowest BCUT2D eigenvalue weighted by molar-refractivity contribution is 0.188. The molecule has 0 saturated carbocycles. The summed E-state index contributed by atoms with van der Waals surface area (Å²) in [5.74, 6) is 2.06. The van der Waals surface area contributed by atoms with E-state index < -0.39 is 0 Å². The summed E-state index contributed by atoms with van der Waals surface area (Å²) in [6.07, 6.45) is 9.04. The number of hydrogen-bond acceptors (Lipinski definition) is 4. The second kappa shape index (κ2) is 7.69. The highest BCUT2D eigenvalue weighted by molar-refractivity contribution is 5.96. The Hall–Kier alpha value is -2.40. The molecule has 4 aliphatic rings. The topological polar surface area (TPSA) is 30.9 Å². The van der Waals surface area contributed by atoms with E-state index in [1.54, 1.807) is 12.1 Å². The normalized spacial score (nSPS) is 28.1. The number of hydrogen-bond donors (Lipinski definition) is 1. The highest BCUT2D eigenvalue weighted by atomic mass is 19.1. The van der Waals surface area contributed by atoms with Crippen LogP contribution in [0, 0.1) is 11.7 Å². The molecule has 4 nitrogen and oxygen atoms in total. The molecule has 27 heavy (non-hydrogen) atoms. The van der Waals surface area contributed by atoms with Crippen molar-refractivity contribution < 1.29 is 4.39 Å². The quantitative estimate of drug-likeness (QED) is 0.826. The van der Waals surface area contributed by atoms with Crippen molar-refractivity contribution in [1.29, 1.82) is 0 Å². The van der Waals surface area contributed by atoms with Crippen LogP contribution in [-0.4, -0.2) is 48.9 Å². The zero-order valence-electron chi connectivity index (χ0n) is 15.9. The molecule has 1 N–H and O–H groups in total. The van der Waals surface area contributed by atoms with Gasteiger partial charge in [0.2, 0.25) is 0 Å². The van der Waals surface area contributed by atoms with Crippen LogP contribution >= 0.6 is 0 Å². The Bertz CT molecular complexity index is 816. The molecule has 0 atom stereocenters. The number of fused-ring (bicyclic) bond motifs is 4. The SMILES string of the molecule is C=C/C1=C2/NC(=NCCN3CCC(CC3)Cc3ccc(F)c1c3)C=CN2C. The van der Waals surface area contributed by atoms with Gasteiger partial charge in [0.25, 0.3) is 0 Å². The number of amidine groups is 1. The molecule has 0 radical (unpaired) electrons. The number of nitrogens with zero attached hydrogens (tertiary/aromatic N) is 3. The van der Waals surface area contributed by atoms with Crippen LogP contribution < -0.4 is 5.32 Å². The Morgan fingerprint density at radius 1 is 1.26 bits per heavy atom. The third-order valence-electron chi connectivity index (χ3n) is 5.77. The fraction of sp³-hybridized carbons (Fsp3) is 0.409. The number of aliphatic imine (C=N–C) groups is 1. The van der Waals surface area contributed by atoms with Crippen LogP contribution in [0.2, 0.25) is 0 Å². The van der Waals surface area contributed by atoms with Crippen LogP contribution in [0.5, 0.6) is 0 Å². The van der Waals surface area contributed by atoms with Gasteiger partial charge in [-0.1, -0.05) is 18.7 Å². The first-order valence-corrected chi connectivity index (χ1v) is 9.74. The Morgan fingerprint density at radius 2 is 2.07 bits per heavy atom. The first kappa shape index (κ1) is 18.0. The molecule has 0 aromatic heterocycles. The van der Waals surface area contributed by atoms with E-state index in [1.807, 2.05) is 36.4 Å². The molecular formula is C22H27FN4. The van der Waals surface area contributed by atoms with E-state index in [2.05, 4.69) is 16.8 Å². The summed E-state index contributed by atoms with van der Waals surface area (Å²) in [6.45, 7) is 7.94. The predicted molar refractivity (Wildman–Crippen MR) is 109 cm³/mol. The fourth-order valence-electron chi connectivity index (χ4n) is 4.16. The smallest absolute Gasteiger partial charge is 0.131 e. The predicted octanol–water partition coefficient (Wildman–Crippen LogP) is 3.40. The average Bonchev–Trinajstić information content (AvgIpc) is 2.68. The van der Waals surface area contributed by atoms with Crippen LogP contribution in [0.3, 0.4) is 0 Å². The van der Waals surface area contributed by atoms with E-state index in [0.29, 0.717) is 11.5 Å². The van der Waals surface area contributed by atoms with Gasteiger partial charge in [0.15, 0.2) is 0 Å². The van der Waals surface area contributed by atoms with E-state index >= 15 is 0 Å². The van der Waals surface area contributed by atoms with Crippen molar-refractivity contribution in [2.75, 3.05) is 33.2 Å². The van der Waals surface area contributed by atoms with E-state index in [9.17, 15) is 4.39 Å². The van der Waals surface area contributed by atoms with Crippen molar-refractivity contribution in [2.45, 2.75) is 19.3 Å². The van der Waals surface area contributed by atoms with Crippen LogP contribution in [-0.2, 0) is 6.42 Å². The first-order valence-electron chi connectivity index (χ1n) is 9.74. The van der Waals surface area contributed by atoms with Crippen molar-refractivity contribution in [2.24, 2.45) is 10.9 Å². The molecule has 1 aromatic rings. The standard InChI is InChI=1S/C22H27FN4/c1-3-18-19-15-17(4-5-20(19)23)14-16-6-11-27(12-7-16)13-9-24-21-8-10-26(2)22(18)25-21/h3-5,8,10,15-16H,1,6-7,9,11-14H2,2H3,(H,24,25)/b22-18+. The monoisotopic (exact) mass is 366 g/mol. The first-order chi connectivity index (χ1) is 13.1. The molecule has 4 aliphatic heterocycles. The van der Waals surface area contributed by atoms with Gasteiger partial charge in [-0.15, -0.1) is 0 Å². The van der Waals surface area contributed by atoms with Crippen molar-refractivity contribution >= 4 is 11.4 Å². The number of halogens is 1. The Labute approximate surface area is 160 Å². The summed E-state index contributed by atoms with van der Waals surface area (Å²) in [6, 6.07) is 5.52. The minimum Gasteiger partial charge on any atom is -0.337 e. The molecule has 6 bridgehead atoms. The van der Waals surface area contributed by atoms with Gasteiger partial charge in [-0.05, 0) is 62.0 Å². The molecular weight excluding hydrogens is 339 g/mol. The molecule has 142 valence electrons. The number of benzene rings is 1. The van der Waals surface area contributed by atoms with Crippen molar-refractivity contribution in [1.82, 2.24) is 15.1 Å². The van der Waals surface area contributed by atoms with E-state index in [1.165, 1.54) is 18.4 Å². The van der Waals surface area contributed by atoms with Gasteiger partial charge in [0.1, 0.15) is 17.5 Å². The van der Waals surface area contributed by atoms with Gasteiger partial charge < -0.3 is 15.1 Å². The summed E-state index contributed by atoms with van der Waals surface area (Å²) in [5, 5.41) is 3.37. The Kier molecular flexibility index (Phi) is 5.12. The minimum atomic E-state index is -0.219. The fourth-order valence-corrected chi connectivity index (χ4v) is 4.16. The zero-order valence-corrected chi connectivity index (χ0v) is 15.9. The zero-order chi connectivity index (χ0) is 18.8. The van der Waals surface area contributed by atoms with E-state index in [-0.39, 0.29) is 5.82 Å². The molecule has 1 aromatic carbocycles. The van der Waals surface area contributed by atoms with Crippen LogP contribution in [0.1, 0.15) is 24.0 Å². The maximum Gasteiger partial charge on any atom is 0.131 e. The van der Waals surface area contributed by atoms with Crippen molar-refractivity contribution in [3.63, 3.8) is 0 Å². The third kappa shape index (κ3) is 3.83. The molecule has 5 heteroatoms. The molecule has 4 heterocycles. The lowest BCUT2D eigenvalue weighted by atomic mass is 9.89. The van der Waals surface area contributed by atoms with Crippen LogP contribution in [0.4, 0.5) is 4.39 Å². The van der Waals surface area contributed by atoms with Gasteiger partial charge in [0.05, 0.1) is 6.54 Å². The van der Waals surface area contributed by atoms with E-state index in [0.717, 1.165) is 49.8 Å². The molecule has 5 rings (SSSR count). The Balaban J connectivity index is 1.81. The number of rotatable bonds is 1. The van der Waals surface area contributed by atoms with Gasteiger partial charge in [0, 0.05) is 30.9 Å². The Morgan fingerprint density at radius 3 is 2.85 bits per heavy atom. The van der Waals surface area contributed by atoms with Crippen LogP contribution in [0.15, 0.2) is 53.9 Å². The molecule has 0 aliphatic carbocycles. The summed E-state index contributed by atoms with van der Waals surface area (Å²) in [4.78, 5) is 9.17. The third-order valence-corrected chi connectivity index (χ3v) is 5.77. The number of nitrogens with one attached hydrogen (secondary N) is 1. The molecule has 1 fully saturated rings. The van der Waals surface area contributed by atoms with Gasteiger partial charge >= 0.3 is 0 Å². The second-order valence-corrected chi connectivity index (χ2v) is 7.59. The van der Waals surface area contributed by atoms with Gasteiger partial charge in [-0.3, -0.25) is 4.99 Å². The largest absolute Gasteiger partial charge is 0.337 e. The van der Waals surface area contributed by atoms with Crippen molar-refractivity contribution in [3.8, 4) is 0 Å². The maximum absolute atomic E-state index is 14.7. The second-order valence-electron chi connectivity index (χ2n) is 7.59. The highest BCUT2D eigenvalue weighted by Gasteiger charge is 2.22.